The molecule has 1 saturated carbocycles. The third-order valence-corrected chi connectivity index (χ3v) is 15.2. The number of ether oxygens (including phenoxy) is 7. The van der Waals surface area contributed by atoms with Gasteiger partial charge in [-0.3, -0.25) is 4.79 Å². The molecule has 17 atom stereocenters. The van der Waals surface area contributed by atoms with Gasteiger partial charge in [0.05, 0.1) is 59.8 Å². The summed E-state index contributed by atoms with van der Waals surface area (Å²) in [6, 6.07) is 0.115. The number of carboxylic acid groups (broad SMARTS) is 1. The van der Waals surface area contributed by atoms with Crippen LogP contribution in [0.15, 0.2) is 0 Å². The van der Waals surface area contributed by atoms with Crippen LogP contribution in [0, 0.1) is 35.5 Å². The summed E-state index contributed by atoms with van der Waals surface area (Å²) in [5, 5.41) is 35.8. The molecule has 13 nitrogen and oxygen atoms in total. The van der Waals surface area contributed by atoms with Crippen molar-refractivity contribution in [2.24, 2.45) is 35.5 Å². The molecule has 6 rings (SSSR count). The maximum atomic E-state index is 12.7. The number of hydrogen-bond donors (Lipinski definition) is 4. The molecule has 6 fully saturated rings. The first kappa shape index (κ1) is 47.5. The van der Waals surface area contributed by atoms with E-state index in [1.807, 2.05) is 20.8 Å². The number of methoxy groups -OCH3 is 1. The number of hydrogen-bond acceptors (Lipinski definition) is 11. The van der Waals surface area contributed by atoms with Gasteiger partial charge in [-0.15, -0.1) is 0 Å². The van der Waals surface area contributed by atoms with Crippen molar-refractivity contribution in [1.82, 2.24) is 5.32 Å². The molecule has 14 heteroatoms. The molecule has 17 unspecified atom stereocenters. The van der Waals surface area contributed by atoms with E-state index in [-0.39, 0.29) is 96.2 Å². The molecule has 0 aromatic heterocycles. The molecule has 5 aliphatic heterocycles. The molecule has 5 saturated heterocycles. The zero-order chi connectivity index (χ0) is 40.8. The SMILES string of the molecule is CCC1(C2OC(C3OC(O)(COC(=O)NC4CCCCC4)C(C)CC3C)CC2C)CCC(C2(C)CCC3(CC(O)C(C)C(C(C)C(OC)C(C)C(=O)O)O3)O2)O1.[Na]. The van der Waals surface area contributed by atoms with Crippen LogP contribution in [0.2, 0.25) is 0 Å². The molecule has 6 aliphatic rings. The summed E-state index contributed by atoms with van der Waals surface area (Å²) in [5.41, 5.74) is -1.21. The number of nitrogens with one attached hydrogen (secondary N) is 1. The van der Waals surface area contributed by atoms with Crippen molar-refractivity contribution in [2.75, 3.05) is 13.7 Å². The molecule has 1 spiro atoms. The van der Waals surface area contributed by atoms with Gasteiger partial charge in [0.25, 0.3) is 0 Å². The summed E-state index contributed by atoms with van der Waals surface area (Å²) in [6.45, 7) is 15.8. The van der Waals surface area contributed by atoms with E-state index in [0.717, 1.165) is 51.4 Å². The van der Waals surface area contributed by atoms with Crippen LogP contribution in [0.3, 0.4) is 0 Å². The third kappa shape index (κ3) is 9.74. The zero-order valence-corrected chi connectivity index (χ0v) is 38.5. The summed E-state index contributed by atoms with van der Waals surface area (Å²) in [6.07, 6.45) is 7.40. The van der Waals surface area contributed by atoms with Gasteiger partial charge in [-0.1, -0.05) is 60.8 Å². The second-order valence-corrected chi connectivity index (χ2v) is 19.2. The molecule has 1 aliphatic carbocycles. The second kappa shape index (κ2) is 18.8. The Hall–Kier alpha value is -0.580. The van der Waals surface area contributed by atoms with E-state index in [1.54, 1.807) is 6.92 Å². The van der Waals surface area contributed by atoms with E-state index in [4.69, 9.17) is 33.2 Å². The van der Waals surface area contributed by atoms with Crippen LogP contribution >= 0.6 is 0 Å². The molecular weight excluding hydrogens is 745 g/mol. The van der Waals surface area contributed by atoms with Crippen molar-refractivity contribution in [3.05, 3.63) is 0 Å². The van der Waals surface area contributed by atoms with Crippen LogP contribution in [0.1, 0.15) is 139 Å². The Balaban J connectivity index is 0.00000620. The Labute approximate surface area is 362 Å². The molecule has 323 valence electrons. The summed E-state index contributed by atoms with van der Waals surface area (Å²) in [5.74, 6) is -4.78. The molecule has 5 heterocycles. The van der Waals surface area contributed by atoms with Crippen LogP contribution in [0.25, 0.3) is 0 Å². The standard InChI is InChI=1S/C43H73NO12.Na/c1-10-41(37-25(3)21-32(52-37)34-24(2)20-26(4)43(49,55-34)23-51-39(48)44-30-14-12-11-13-15-30)17-16-33(53-41)40(8)18-19-42(56-40)22-31(45)27(5)36(54-42)28(6)35(50-9)29(7)38(46)47;/h24-37,45,49H,10-23H2,1-9H3,(H,44,48)(H,46,47);. The molecule has 1 radical (unpaired) electrons. The summed E-state index contributed by atoms with van der Waals surface area (Å²) in [4.78, 5) is 24.6. The van der Waals surface area contributed by atoms with Gasteiger partial charge in [0.2, 0.25) is 5.79 Å². The van der Waals surface area contributed by atoms with Crippen molar-refractivity contribution in [1.29, 1.82) is 0 Å². The molecule has 57 heavy (non-hydrogen) atoms. The fraction of sp³-hybridized carbons (Fsp3) is 0.953. The number of aliphatic carboxylic acids is 1. The third-order valence-electron chi connectivity index (χ3n) is 15.2. The van der Waals surface area contributed by atoms with Gasteiger partial charge < -0.3 is 53.8 Å². The first-order chi connectivity index (χ1) is 26.4. The number of alkyl carbamates (subject to hydrolysis) is 1. The maximum Gasteiger partial charge on any atom is 0.407 e. The average molecular weight is 819 g/mol. The van der Waals surface area contributed by atoms with Gasteiger partial charge in [0.15, 0.2) is 5.79 Å². The Morgan fingerprint density at radius 1 is 0.947 bits per heavy atom. The Morgan fingerprint density at radius 3 is 2.30 bits per heavy atom. The van der Waals surface area contributed by atoms with Crippen LogP contribution < -0.4 is 5.32 Å². The summed E-state index contributed by atoms with van der Waals surface area (Å²) >= 11 is 0. The van der Waals surface area contributed by atoms with Gasteiger partial charge in [-0.25, -0.2) is 4.79 Å². The monoisotopic (exact) mass is 819 g/mol. The van der Waals surface area contributed by atoms with Crippen molar-refractivity contribution in [2.45, 2.75) is 210 Å². The minimum absolute atomic E-state index is 0. The number of carbonyl (C=O) groups excluding carboxylic acids is 1. The average Bonchev–Trinajstić information content (AvgIpc) is 3.87. The smallest absolute Gasteiger partial charge is 0.407 e. The maximum absolute atomic E-state index is 12.7. The number of aliphatic hydroxyl groups is 2. The summed E-state index contributed by atoms with van der Waals surface area (Å²) in [7, 11) is 1.52. The fourth-order valence-electron chi connectivity index (χ4n) is 11.5. The molecule has 0 bridgehead atoms. The normalized spacial score (nSPS) is 45.6. The molecule has 0 aromatic rings. The van der Waals surface area contributed by atoms with Gasteiger partial charge >= 0.3 is 12.1 Å². The molecule has 1 amide bonds. The Bertz CT molecular complexity index is 1370. The van der Waals surface area contributed by atoms with Gasteiger partial charge in [0.1, 0.15) is 6.61 Å². The second-order valence-electron chi connectivity index (χ2n) is 19.2. The Morgan fingerprint density at radius 2 is 1.65 bits per heavy atom. The minimum atomic E-state index is -1.62. The first-order valence-electron chi connectivity index (χ1n) is 21.9. The van der Waals surface area contributed by atoms with Crippen molar-refractivity contribution in [3.8, 4) is 0 Å². The number of amides is 1. The van der Waals surface area contributed by atoms with Gasteiger partial charge in [-0.2, -0.15) is 0 Å². The van der Waals surface area contributed by atoms with Crippen molar-refractivity contribution in [3.63, 3.8) is 0 Å². The number of carbonyl (C=O) groups is 2. The minimum Gasteiger partial charge on any atom is -0.481 e. The Kier molecular flexibility index (Phi) is 15.7. The number of carboxylic acids is 1. The van der Waals surface area contributed by atoms with E-state index in [1.165, 1.54) is 13.5 Å². The van der Waals surface area contributed by atoms with E-state index in [9.17, 15) is 24.9 Å². The van der Waals surface area contributed by atoms with Crippen LogP contribution in [0.4, 0.5) is 4.79 Å². The molecular formula is C43H73NNaO12. The topological polar surface area (TPSA) is 171 Å². The van der Waals surface area contributed by atoms with Crippen LogP contribution in [0.5, 0.6) is 0 Å². The molecule has 0 aromatic carbocycles. The number of aliphatic hydroxyl groups excluding tert-OH is 1. The van der Waals surface area contributed by atoms with Crippen LogP contribution in [-0.2, 0) is 38.0 Å². The quantitative estimate of drug-likeness (QED) is 0.171. The zero-order valence-electron chi connectivity index (χ0n) is 36.5. The predicted molar refractivity (Wildman–Crippen MR) is 212 cm³/mol. The van der Waals surface area contributed by atoms with Gasteiger partial charge in [0, 0.05) is 73.3 Å². The van der Waals surface area contributed by atoms with Crippen LogP contribution in [-0.4, -0.2) is 142 Å². The van der Waals surface area contributed by atoms with E-state index in [0.29, 0.717) is 25.7 Å². The van der Waals surface area contributed by atoms with Crippen molar-refractivity contribution >= 4 is 41.6 Å². The van der Waals surface area contributed by atoms with E-state index >= 15 is 0 Å². The largest absolute Gasteiger partial charge is 0.481 e. The van der Waals surface area contributed by atoms with Gasteiger partial charge in [-0.05, 0) is 77.0 Å². The fourth-order valence-corrected chi connectivity index (χ4v) is 11.5. The van der Waals surface area contributed by atoms with E-state index < -0.39 is 59.1 Å². The predicted octanol–water partition coefficient (Wildman–Crippen LogP) is 5.96. The number of rotatable bonds is 12. The molecule has 4 N–H and O–H groups in total. The first-order valence-corrected chi connectivity index (χ1v) is 21.9. The van der Waals surface area contributed by atoms with Crippen molar-refractivity contribution < 1.29 is 58.1 Å². The van der Waals surface area contributed by atoms with E-state index in [2.05, 4.69) is 33.0 Å². The summed E-state index contributed by atoms with van der Waals surface area (Å²) < 4.78 is 45.7.